The van der Waals surface area contributed by atoms with E-state index in [4.69, 9.17) is 24.2 Å². The van der Waals surface area contributed by atoms with E-state index in [2.05, 4.69) is 11.9 Å². The minimum absolute atomic E-state index is 0.139. The number of hydrogen-bond donors (Lipinski definition) is 2. The van der Waals surface area contributed by atoms with Gasteiger partial charge in [0, 0.05) is 24.9 Å². The van der Waals surface area contributed by atoms with Crippen molar-refractivity contribution in [1.82, 2.24) is 4.90 Å². The second kappa shape index (κ2) is 6.70. The molecule has 0 radical (unpaired) electrons. The lowest BCUT2D eigenvalue weighted by atomic mass is 9.97. The molecule has 2 N–H and O–H groups in total. The van der Waals surface area contributed by atoms with Crippen LogP contribution in [-0.2, 0) is 18.9 Å². The summed E-state index contributed by atoms with van der Waals surface area (Å²) in [6, 6.07) is 9.74. The fraction of sp³-hybridized carbons (Fsp3) is 0.588. The molecule has 8 heteroatoms. The summed E-state index contributed by atoms with van der Waals surface area (Å²) >= 11 is 0. The first-order valence-corrected chi connectivity index (χ1v) is 8.65. The van der Waals surface area contributed by atoms with Crippen molar-refractivity contribution in [1.29, 1.82) is 0 Å². The van der Waals surface area contributed by atoms with Gasteiger partial charge in [-0.25, -0.2) is 0 Å². The van der Waals surface area contributed by atoms with Crippen LogP contribution >= 0.6 is 0 Å². The second-order valence-electron chi connectivity index (χ2n) is 7.02. The Morgan fingerprint density at radius 1 is 1.28 bits per heavy atom. The lowest BCUT2D eigenvalue weighted by molar-refractivity contribution is -0.156. The molecule has 0 saturated carbocycles. The van der Waals surface area contributed by atoms with E-state index in [9.17, 15) is 4.79 Å². The van der Waals surface area contributed by atoms with Crippen LogP contribution in [0.15, 0.2) is 30.3 Å². The number of nitrogens with zero attached hydrogens (tertiary/aromatic N) is 1. The van der Waals surface area contributed by atoms with Crippen LogP contribution in [0.1, 0.15) is 24.3 Å². The Balaban J connectivity index is 1.42. The Morgan fingerprint density at radius 2 is 1.92 bits per heavy atom. The van der Waals surface area contributed by atoms with Crippen molar-refractivity contribution in [2.75, 3.05) is 13.7 Å². The summed E-state index contributed by atoms with van der Waals surface area (Å²) in [5.41, 5.74) is 0.732. The van der Waals surface area contributed by atoms with Gasteiger partial charge in [-0.3, -0.25) is 9.69 Å². The van der Waals surface area contributed by atoms with E-state index in [0.29, 0.717) is 12.1 Å². The van der Waals surface area contributed by atoms with Crippen LogP contribution in [0.5, 0.6) is 0 Å². The van der Waals surface area contributed by atoms with Crippen molar-refractivity contribution in [2.24, 2.45) is 0 Å². The largest absolute Gasteiger partial charge is 0.633 e. The third-order valence-electron chi connectivity index (χ3n) is 5.56. The summed E-state index contributed by atoms with van der Waals surface area (Å²) in [5, 5.41) is 17.9. The molecule has 25 heavy (non-hydrogen) atoms. The highest BCUT2D eigenvalue weighted by Gasteiger charge is 2.62. The van der Waals surface area contributed by atoms with Crippen LogP contribution in [0.25, 0.3) is 0 Å². The van der Waals surface area contributed by atoms with Crippen LogP contribution in [0.4, 0.5) is 0 Å². The van der Waals surface area contributed by atoms with Gasteiger partial charge >= 0.3 is 13.3 Å². The van der Waals surface area contributed by atoms with Crippen LogP contribution in [0.3, 0.4) is 0 Å². The molecule has 3 aliphatic rings. The quantitative estimate of drug-likeness (QED) is 0.422. The number of benzene rings is 1. The summed E-state index contributed by atoms with van der Waals surface area (Å²) in [6.45, 7) is -0.144. The number of piperidine rings is 1. The maximum Gasteiger partial charge on any atom is 0.633 e. The third kappa shape index (κ3) is 3.32. The molecule has 0 amide bonds. The van der Waals surface area contributed by atoms with Crippen molar-refractivity contribution >= 4 is 13.3 Å². The Kier molecular flexibility index (Phi) is 4.55. The number of epoxide rings is 1. The summed E-state index contributed by atoms with van der Waals surface area (Å²) < 4.78 is 16.3. The molecule has 1 unspecified atom stereocenters. The van der Waals surface area contributed by atoms with E-state index in [1.807, 2.05) is 18.2 Å². The predicted octanol–water partition coefficient (Wildman–Crippen LogP) is -0.0881. The average Bonchev–Trinajstić information content (AvgIpc) is 3.34. The summed E-state index contributed by atoms with van der Waals surface area (Å²) in [4.78, 5) is 15.1. The first kappa shape index (κ1) is 17.0. The van der Waals surface area contributed by atoms with E-state index in [-0.39, 0.29) is 24.9 Å². The molecule has 0 aliphatic carbocycles. The lowest BCUT2D eigenvalue weighted by Crippen LogP contribution is -2.48. The summed E-state index contributed by atoms with van der Waals surface area (Å²) in [5.74, 6) is -1.08. The molecule has 0 spiro atoms. The smallest absolute Gasteiger partial charge is 0.462 e. The van der Waals surface area contributed by atoms with Gasteiger partial charge in [0.15, 0.2) is 0 Å². The SMILES string of the molecule is CN1[C@@H]2CC(OC(=O)[C@H](COB(O)O)c3ccccc3)C[C@H]1[C@@H]1O[C@@H]12. The molecule has 7 nitrogen and oxygen atoms in total. The zero-order valence-electron chi connectivity index (χ0n) is 14.0. The maximum atomic E-state index is 12.7. The highest BCUT2D eigenvalue weighted by molar-refractivity contribution is 6.32. The van der Waals surface area contributed by atoms with Gasteiger partial charge in [0.05, 0.1) is 6.61 Å². The fourth-order valence-corrected chi connectivity index (χ4v) is 4.21. The molecule has 3 fully saturated rings. The molecule has 3 heterocycles. The second-order valence-corrected chi connectivity index (χ2v) is 7.02. The molecule has 2 bridgehead atoms. The Labute approximate surface area is 146 Å². The Hall–Kier alpha value is -1.45. The third-order valence-corrected chi connectivity index (χ3v) is 5.56. The monoisotopic (exact) mass is 347 g/mol. The molecule has 1 aromatic carbocycles. The Bertz CT molecular complexity index is 611. The molecule has 134 valence electrons. The standard InChI is InChI=1S/C17H22BNO6/c1-19-13-7-11(8-14(19)16-15(13)25-16)24-17(20)12(9-23-18(21)22)10-5-3-2-4-6-10/h2-6,11-16,21-22H,7-9H2,1H3/t11?,12-,13-,14+,15-,16+/m1/s1. The minimum Gasteiger partial charge on any atom is -0.462 e. The minimum atomic E-state index is -1.91. The van der Waals surface area contributed by atoms with Gasteiger partial charge in [-0.1, -0.05) is 30.3 Å². The normalized spacial score (nSPS) is 34.3. The number of likely N-dealkylation sites (N-methyl/N-ethyl adjacent to an activating group) is 1. The number of fused-ring (bicyclic) bond motifs is 5. The molecule has 0 aromatic heterocycles. The fourth-order valence-electron chi connectivity index (χ4n) is 4.21. The van der Waals surface area contributed by atoms with Gasteiger partial charge < -0.3 is 24.2 Å². The number of rotatable bonds is 6. The van der Waals surface area contributed by atoms with E-state index >= 15 is 0 Å². The zero-order chi connectivity index (χ0) is 17.6. The van der Waals surface area contributed by atoms with Crippen LogP contribution in [0, 0.1) is 0 Å². The highest BCUT2D eigenvalue weighted by atomic mass is 16.6. The number of ether oxygens (including phenoxy) is 2. The molecule has 6 atom stereocenters. The topological polar surface area (TPSA) is 91.8 Å². The van der Waals surface area contributed by atoms with E-state index in [1.165, 1.54) is 0 Å². The first-order valence-electron chi connectivity index (χ1n) is 8.65. The van der Waals surface area contributed by atoms with Crippen molar-refractivity contribution in [3.05, 3.63) is 35.9 Å². The van der Waals surface area contributed by atoms with Crippen molar-refractivity contribution in [2.45, 2.75) is 49.2 Å². The lowest BCUT2D eigenvalue weighted by Gasteiger charge is -2.38. The van der Waals surface area contributed by atoms with E-state index in [1.54, 1.807) is 12.1 Å². The average molecular weight is 347 g/mol. The summed E-state index contributed by atoms with van der Waals surface area (Å²) in [6.07, 6.45) is 1.98. The molecular weight excluding hydrogens is 325 g/mol. The van der Waals surface area contributed by atoms with Crippen molar-refractivity contribution in [3.8, 4) is 0 Å². The molecular formula is C17H22BNO6. The number of morpholine rings is 1. The van der Waals surface area contributed by atoms with Crippen LogP contribution in [-0.4, -0.2) is 72.3 Å². The Morgan fingerprint density at radius 3 is 2.52 bits per heavy atom. The van der Waals surface area contributed by atoms with Crippen LogP contribution < -0.4 is 0 Å². The number of carbonyl (C=O) groups is 1. The number of hydrogen-bond acceptors (Lipinski definition) is 7. The van der Waals surface area contributed by atoms with Gasteiger partial charge in [-0.05, 0) is 12.6 Å². The first-order chi connectivity index (χ1) is 12.0. The zero-order valence-corrected chi connectivity index (χ0v) is 14.0. The molecule has 1 aromatic rings. The maximum absolute atomic E-state index is 12.7. The van der Waals surface area contributed by atoms with E-state index in [0.717, 1.165) is 18.4 Å². The van der Waals surface area contributed by atoms with Crippen LogP contribution in [0.2, 0.25) is 0 Å². The van der Waals surface area contributed by atoms with Crippen molar-refractivity contribution < 1.29 is 29.0 Å². The number of carbonyl (C=O) groups excluding carboxylic acids is 1. The molecule has 4 rings (SSSR count). The van der Waals surface area contributed by atoms with Gasteiger partial charge in [-0.2, -0.15) is 0 Å². The van der Waals surface area contributed by atoms with Crippen molar-refractivity contribution in [3.63, 3.8) is 0 Å². The number of esters is 1. The van der Waals surface area contributed by atoms with E-state index < -0.39 is 19.2 Å². The predicted molar refractivity (Wildman–Crippen MR) is 88.4 cm³/mol. The van der Waals surface area contributed by atoms with Gasteiger partial charge in [0.2, 0.25) is 0 Å². The highest BCUT2D eigenvalue weighted by Crippen LogP contribution is 2.48. The van der Waals surface area contributed by atoms with Gasteiger partial charge in [0.1, 0.15) is 24.2 Å². The van der Waals surface area contributed by atoms with Gasteiger partial charge in [-0.15, -0.1) is 0 Å². The molecule has 3 saturated heterocycles. The molecule has 3 aliphatic heterocycles. The van der Waals surface area contributed by atoms with Gasteiger partial charge in [0.25, 0.3) is 0 Å². The summed E-state index contributed by atoms with van der Waals surface area (Å²) in [7, 11) is 0.189.